The van der Waals surface area contributed by atoms with Gasteiger partial charge in [0.05, 0.1) is 19.1 Å². The second-order valence-electron chi connectivity index (χ2n) is 3.36. The van der Waals surface area contributed by atoms with Gasteiger partial charge in [0, 0.05) is 6.61 Å². The van der Waals surface area contributed by atoms with Crippen LogP contribution in [0.4, 0.5) is 0 Å². The Morgan fingerprint density at radius 1 is 1.19 bits per heavy atom. The van der Waals surface area contributed by atoms with Crippen LogP contribution >= 0.6 is 0 Å². The average molecular weight is 222 g/mol. The first-order valence-electron chi connectivity index (χ1n) is 5.60. The number of hydrogen-bond donors (Lipinski definition) is 0. The fourth-order valence-corrected chi connectivity index (χ4v) is 1.51. The lowest BCUT2D eigenvalue weighted by Gasteiger charge is -2.16. The van der Waals surface area contributed by atoms with Gasteiger partial charge in [0.15, 0.2) is 0 Å². The molecule has 0 spiro atoms. The molecule has 1 aromatic carbocycles. The van der Waals surface area contributed by atoms with Gasteiger partial charge in [-0.1, -0.05) is 30.3 Å². The molecular formula is C13H18O3. The number of carbonyl (C=O) groups is 1. The molecule has 0 saturated heterocycles. The van der Waals surface area contributed by atoms with Gasteiger partial charge in [-0.3, -0.25) is 4.79 Å². The number of rotatable bonds is 6. The van der Waals surface area contributed by atoms with Crippen molar-refractivity contribution in [1.82, 2.24) is 0 Å². The fourth-order valence-electron chi connectivity index (χ4n) is 1.51. The van der Waals surface area contributed by atoms with Crippen molar-refractivity contribution >= 4 is 5.97 Å². The Kier molecular flexibility index (Phi) is 5.57. The molecule has 1 rings (SSSR count). The maximum Gasteiger partial charge on any atom is 0.308 e. The zero-order valence-electron chi connectivity index (χ0n) is 9.81. The summed E-state index contributed by atoms with van der Waals surface area (Å²) in [5.41, 5.74) is 1.01. The summed E-state index contributed by atoms with van der Waals surface area (Å²) >= 11 is 0. The molecule has 0 aliphatic carbocycles. The summed E-state index contributed by atoms with van der Waals surface area (Å²) in [4.78, 5) is 11.4. The van der Waals surface area contributed by atoms with E-state index in [-0.39, 0.29) is 18.5 Å². The average Bonchev–Trinajstić information content (AvgIpc) is 2.30. The van der Waals surface area contributed by atoms with Crippen LogP contribution in [0.3, 0.4) is 0 Å². The molecule has 1 unspecified atom stereocenters. The van der Waals surface area contributed by atoms with Crippen molar-refractivity contribution in [2.45, 2.75) is 26.4 Å². The number of carbonyl (C=O) groups excluding carboxylic acids is 1. The van der Waals surface area contributed by atoms with E-state index in [2.05, 4.69) is 0 Å². The molecule has 0 amide bonds. The van der Waals surface area contributed by atoms with E-state index in [1.807, 2.05) is 37.3 Å². The summed E-state index contributed by atoms with van der Waals surface area (Å²) < 4.78 is 10.5. The van der Waals surface area contributed by atoms with Gasteiger partial charge in [-0.25, -0.2) is 0 Å². The third-order valence-corrected chi connectivity index (χ3v) is 2.20. The van der Waals surface area contributed by atoms with Gasteiger partial charge in [-0.2, -0.15) is 0 Å². The molecule has 1 aromatic rings. The molecule has 0 N–H and O–H groups in total. The van der Waals surface area contributed by atoms with Crippen LogP contribution < -0.4 is 0 Å². The first-order chi connectivity index (χ1) is 7.77. The van der Waals surface area contributed by atoms with E-state index in [1.165, 1.54) is 0 Å². The smallest absolute Gasteiger partial charge is 0.308 e. The normalized spacial score (nSPS) is 12.1. The van der Waals surface area contributed by atoms with Gasteiger partial charge in [0.25, 0.3) is 0 Å². The van der Waals surface area contributed by atoms with Crippen LogP contribution in [0.1, 0.15) is 31.9 Å². The van der Waals surface area contributed by atoms with Crippen LogP contribution in [-0.2, 0) is 14.3 Å². The standard InChI is InChI=1S/C13H18O3/c1-3-15-12(10-13(14)16-4-2)11-8-6-5-7-9-11/h5-9,12H,3-4,10H2,1-2H3. The summed E-state index contributed by atoms with van der Waals surface area (Å²) in [7, 11) is 0. The Labute approximate surface area is 96.4 Å². The Morgan fingerprint density at radius 3 is 2.44 bits per heavy atom. The van der Waals surface area contributed by atoms with E-state index in [1.54, 1.807) is 6.92 Å². The van der Waals surface area contributed by atoms with Gasteiger partial charge in [-0.05, 0) is 19.4 Å². The Morgan fingerprint density at radius 2 is 1.88 bits per heavy atom. The number of ether oxygens (including phenoxy) is 2. The lowest BCUT2D eigenvalue weighted by molar-refractivity contribution is -0.146. The van der Waals surface area contributed by atoms with Crippen molar-refractivity contribution in [3.63, 3.8) is 0 Å². The van der Waals surface area contributed by atoms with Crippen molar-refractivity contribution in [3.8, 4) is 0 Å². The Hall–Kier alpha value is -1.35. The minimum Gasteiger partial charge on any atom is -0.466 e. The number of hydrogen-bond acceptors (Lipinski definition) is 3. The second-order valence-corrected chi connectivity index (χ2v) is 3.36. The molecule has 3 heteroatoms. The van der Waals surface area contributed by atoms with Crippen molar-refractivity contribution < 1.29 is 14.3 Å². The lowest BCUT2D eigenvalue weighted by atomic mass is 10.1. The van der Waals surface area contributed by atoms with Gasteiger partial charge < -0.3 is 9.47 Å². The van der Waals surface area contributed by atoms with Crippen molar-refractivity contribution in [2.75, 3.05) is 13.2 Å². The molecule has 0 bridgehead atoms. The van der Waals surface area contributed by atoms with E-state index in [0.717, 1.165) is 5.56 Å². The molecule has 0 radical (unpaired) electrons. The summed E-state index contributed by atoms with van der Waals surface area (Å²) in [6.45, 7) is 4.71. The van der Waals surface area contributed by atoms with Gasteiger partial charge >= 0.3 is 5.97 Å². The molecular weight excluding hydrogens is 204 g/mol. The van der Waals surface area contributed by atoms with E-state index in [4.69, 9.17) is 9.47 Å². The van der Waals surface area contributed by atoms with E-state index >= 15 is 0 Å². The highest BCUT2D eigenvalue weighted by atomic mass is 16.5. The maximum atomic E-state index is 11.4. The molecule has 3 nitrogen and oxygen atoms in total. The Bertz CT molecular complexity index is 308. The van der Waals surface area contributed by atoms with Crippen LogP contribution in [0.15, 0.2) is 30.3 Å². The predicted octanol–water partition coefficient (Wildman–Crippen LogP) is 2.72. The molecule has 0 heterocycles. The SMILES string of the molecule is CCOC(=O)CC(OCC)c1ccccc1. The maximum absolute atomic E-state index is 11.4. The van der Waals surface area contributed by atoms with Crippen LogP contribution in [0.5, 0.6) is 0 Å². The number of benzene rings is 1. The van der Waals surface area contributed by atoms with E-state index in [9.17, 15) is 4.79 Å². The van der Waals surface area contributed by atoms with Crippen molar-refractivity contribution in [1.29, 1.82) is 0 Å². The minimum atomic E-state index is -0.218. The van der Waals surface area contributed by atoms with Gasteiger partial charge in [0.2, 0.25) is 0 Å². The lowest BCUT2D eigenvalue weighted by Crippen LogP contribution is -2.13. The second kappa shape index (κ2) is 7.01. The predicted molar refractivity (Wildman–Crippen MR) is 62.1 cm³/mol. The van der Waals surface area contributed by atoms with E-state index < -0.39 is 0 Å². The summed E-state index contributed by atoms with van der Waals surface area (Å²) in [5, 5.41) is 0. The highest BCUT2D eigenvalue weighted by Crippen LogP contribution is 2.21. The van der Waals surface area contributed by atoms with Crippen LogP contribution in [0.2, 0.25) is 0 Å². The first kappa shape index (κ1) is 12.7. The summed E-state index contributed by atoms with van der Waals surface area (Å²) in [5.74, 6) is -0.218. The van der Waals surface area contributed by atoms with Crippen LogP contribution in [0, 0.1) is 0 Å². The Balaban J connectivity index is 2.64. The van der Waals surface area contributed by atoms with Crippen LogP contribution in [0.25, 0.3) is 0 Å². The number of esters is 1. The minimum absolute atomic E-state index is 0.203. The third-order valence-electron chi connectivity index (χ3n) is 2.20. The first-order valence-corrected chi connectivity index (χ1v) is 5.60. The summed E-state index contributed by atoms with van der Waals surface area (Å²) in [6, 6.07) is 9.73. The molecule has 88 valence electrons. The molecule has 1 atom stereocenters. The van der Waals surface area contributed by atoms with E-state index in [0.29, 0.717) is 13.2 Å². The zero-order chi connectivity index (χ0) is 11.8. The largest absolute Gasteiger partial charge is 0.466 e. The molecule has 0 fully saturated rings. The van der Waals surface area contributed by atoms with Gasteiger partial charge in [-0.15, -0.1) is 0 Å². The van der Waals surface area contributed by atoms with Crippen molar-refractivity contribution in [3.05, 3.63) is 35.9 Å². The monoisotopic (exact) mass is 222 g/mol. The molecule has 16 heavy (non-hydrogen) atoms. The summed E-state index contributed by atoms with van der Waals surface area (Å²) in [6.07, 6.45) is 0.0661. The molecule has 0 aliphatic heterocycles. The highest BCUT2D eigenvalue weighted by molar-refractivity contribution is 5.70. The molecule has 0 saturated carbocycles. The third kappa shape index (κ3) is 4.03. The fraction of sp³-hybridized carbons (Fsp3) is 0.462. The zero-order valence-corrected chi connectivity index (χ0v) is 9.81. The van der Waals surface area contributed by atoms with Gasteiger partial charge in [0.1, 0.15) is 0 Å². The highest BCUT2D eigenvalue weighted by Gasteiger charge is 2.16. The van der Waals surface area contributed by atoms with Crippen molar-refractivity contribution in [2.24, 2.45) is 0 Å². The van der Waals surface area contributed by atoms with Crippen LogP contribution in [-0.4, -0.2) is 19.2 Å². The quantitative estimate of drug-likeness (QED) is 0.694. The topological polar surface area (TPSA) is 35.5 Å². The molecule has 0 aliphatic rings. The molecule has 0 aromatic heterocycles.